The van der Waals surface area contributed by atoms with E-state index >= 15 is 0 Å². The highest BCUT2D eigenvalue weighted by molar-refractivity contribution is 5.79. The lowest BCUT2D eigenvalue weighted by atomic mass is 10.2. The zero-order valence-electron chi connectivity index (χ0n) is 5.51. The van der Waals surface area contributed by atoms with Crippen LogP contribution in [0.4, 0.5) is 0 Å². The molecular weight excluding hydrogens is 110 g/mol. The van der Waals surface area contributed by atoms with Crippen molar-refractivity contribution in [1.29, 1.82) is 0 Å². The molecule has 1 aliphatic carbocycles. The van der Waals surface area contributed by atoms with Crippen LogP contribution in [0.2, 0.25) is 0 Å². The molecule has 0 aromatic rings. The van der Waals surface area contributed by atoms with Gasteiger partial charge < -0.3 is 0 Å². The van der Waals surface area contributed by atoms with E-state index in [2.05, 4.69) is 18.2 Å². The molecule has 0 atom stereocenters. The second-order valence-electron chi connectivity index (χ2n) is 2.31. The summed E-state index contributed by atoms with van der Waals surface area (Å²) in [5.41, 5.74) is 1.15. The van der Waals surface area contributed by atoms with Crippen molar-refractivity contribution in [3.05, 3.63) is 24.9 Å². The van der Waals surface area contributed by atoms with Crippen molar-refractivity contribution in [2.24, 2.45) is 10.9 Å². The van der Waals surface area contributed by atoms with Crippen LogP contribution in [0.15, 0.2) is 29.9 Å². The number of hydrogen-bond acceptors (Lipinski definition) is 1. The van der Waals surface area contributed by atoms with E-state index in [-0.39, 0.29) is 0 Å². The molecule has 0 bridgehead atoms. The maximum absolute atomic E-state index is 3.87. The van der Waals surface area contributed by atoms with Crippen molar-refractivity contribution in [2.45, 2.75) is 12.8 Å². The summed E-state index contributed by atoms with van der Waals surface area (Å²) in [5, 5.41) is 0. The Kier molecular flexibility index (Phi) is 1.83. The quantitative estimate of drug-likeness (QED) is 0.507. The molecule has 48 valence electrons. The molecule has 0 heterocycles. The minimum atomic E-state index is 0.730. The van der Waals surface area contributed by atoms with Crippen LogP contribution in [0.3, 0.4) is 0 Å². The van der Waals surface area contributed by atoms with Gasteiger partial charge in [-0.3, -0.25) is 4.99 Å². The molecule has 0 N–H and O–H groups in total. The molecule has 1 nitrogen and oxygen atoms in total. The van der Waals surface area contributed by atoms with Gasteiger partial charge in [-0.15, -0.1) is 0 Å². The topological polar surface area (TPSA) is 12.4 Å². The zero-order chi connectivity index (χ0) is 6.69. The second kappa shape index (κ2) is 2.62. The van der Waals surface area contributed by atoms with E-state index in [4.69, 9.17) is 0 Å². The molecule has 0 saturated heterocycles. The molecule has 0 spiro atoms. The first-order valence-electron chi connectivity index (χ1n) is 3.17. The van der Waals surface area contributed by atoms with Gasteiger partial charge in [0, 0.05) is 12.4 Å². The third-order valence-corrected chi connectivity index (χ3v) is 1.45. The number of hydrogen-bond donors (Lipinski definition) is 0. The molecule has 1 rings (SSSR count). The van der Waals surface area contributed by atoms with Crippen molar-refractivity contribution >= 4 is 6.21 Å². The van der Waals surface area contributed by atoms with E-state index in [9.17, 15) is 0 Å². The van der Waals surface area contributed by atoms with E-state index in [0.29, 0.717) is 0 Å². The SMILES string of the molecule is C=CN=CC(=C)C1CC1. The van der Waals surface area contributed by atoms with Crippen LogP contribution < -0.4 is 0 Å². The Morgan fingerprint density at radius 3 is 2.67 bits per heavy atom. The zero-order valence-corrected chi connectivity index (χ0v) is 5.51. The third kappa shape index (κ3) is 1.84. The van der Waals surface area contributed by atoms with Gasteiger partial charge >= 0.3 is 0 Å². The highest BCUT2D eigenvalue weighted by atomic mass is 14.7. The van der Waals surface area contributed by atoms with Crippen LogP contribution in [-0.4, -0.2) is 6.21 Å². The number of nitrogens with zero attached hydrogens (tertiary/aromatic N) is 1. The summed E-state index contributed by atoms with van der Waals surface area (Å²) in [5.74, 6) is 0.730. The van der Waals surface area contributed by atoms with Crippen molar-refractivity contribution in [1.82, 2.24) is 0 Å². The molecule has 1 saturated carbocycles. The van der Waals surface area contributed by atoms with Crippen LogP contribution in [-0.2, 0) is 0 Å². The Morgan fingerprint density at radius 2 is 2.22 bits per heavy atom. The summed E-state index contributed by atoms with van der Waals surface area (Å²) in [6.45, 7) is 7.33. The minimum absolute atomic E-state index is 0.730. The van der Waals surface area contributed by atoms with Crippen molar-refractivity contribution in [3.63, 3.8) is 0 Å². The van der Waals surface area contributed by atoms with Crippen molar-refractivity contribution < 1.29 is 0 Å². The van der Waals surface area contributed by atoms with E-state index in [0.717, 1.165) is 11.5 Å². The van der Waals surface area contributed by atoms with Gasteiger partial charge in [0.1, 0.15) is 0 Å². The molecule has 1 fully saturated rings. The third-order valence-electron chi connectivity index (χ3n) is 1.45. The van der Waals surface area contributed by atoms with Crippen LogP contribution >= 0.6 is 0 Å². The lowest BCUT2D eigenvalue weighted by molar-refractivity contribution is 1.09. The predicted octanol–water partition coefficient (Wildman–Crippen LogP) is 2.17. The molecule has 0 aliphatic heterocycles. The van der Waals surface area contributed by atoms with Gasteiger partial charge in [-0.1, -0.05) is 13.2 Å². The van der Waals surface area contributed by atoms with Crippen molar-refractivity contribution in [2.75, 3.05) is 0 Å². The maximum Gasteiger partial charge on any atom is 0.0296 e. The fraction of sp³-hybridized carbons (Fsp3) is 0.375. The van der Waals surface area contributed by atoms with Crippen LogP contribution in [0.25, 0.3) is 0 Å². The average molecular weight is 121 g/mol. The van der Waals surface area contributed by atoms with E-state index in [1.54, 1.807) is 6.21 Å². The minimum Gasteiger partial charge on any atom is -0.265 e. The highest BCUT2D eigenvalue weighted by Gasteiger charge is 2.22. The molecule has 0 aromatic carbocycles. The highest BCUT2D eigenvalue weighted by Crippen LogP contribution is 2.34. The predicted molar refractivity (Wildman–Crippen MR) is 40.6 cm³/mol. The van der Waals surface area contributed by atoms with Crippen LogP contribution in [0.5, 0.6) is 0 Å². The van der Waals surface area contributed by atoms with Gasteiger partial charge in [0.05, 0.1) is 0 Å². The summed E-state index contributed by atoms with van der Waals surface area (Å²) in [6, 6.07) is 0. The summed E-state index contributed by atoms with van der Waals surface area (Å²) in [6.07, 6.45) is 5.92. The molecule has 0 unspecified atom stereocenters. The molecule has 0 radical (unpaired) electrons. The Labute approximate surface area is 55.8 Å². The van der Waals surface area contributed by atoms with Crippen molar-refractivity contribution in [3.8, 4) is 0 Å². The monoisotopic (exact) mass is 121 g/mol. The fourth-order valence-corrected chi connectivity index (χ4v) is 0.708. The smallest absolute Gasteiger partial charge is 0.0296 e. The normalized spacial score (nSPS) is 18.2. The molecular formula is C8H11N. The molecule has 9 heavy (non-hydrogen) atoms. The van der Waals surface area contributed by atoms with Gasteiger partial charge in [-0.05, 0) is 24.3 Å². The average Bonchev–Trinajstić information content (AvgIpc) is 2.63. The van der Waals surface area contributed by atoms with Gasteiger partial charge in [-0.2, -0.15) is 0 Å². The van der Waals surface area contributed by atoms with Gasteiger partial charge in [0.2, 0.25) is 0 Å². The number of allylic oxidation sites excluding steroid dienone is 1. The molecule has 1 aliphatic rings. The molecule has 1 heteroatoms. The number of aliphatic imine (C=N–C) groups is 1. The molecule has 0 aromatic heterocycles. The Bertz CT molecular complexity index is 152. The number of rotatable bonds is 3. The summed E-state index contributed by atoms with van der Waals surface area (Å²) >= 11 is 0. The fourth-order valence-electron chi connectivity index (χ4n) is 0.708. The van der Waals surface area contributed by atoms with E-state index < -0.39 is 0 Å². The molecule has 0 amide bonds. The largest absolute Gasteiger partial charge is 0.265 e. The first-order chi connectivity index (χ1) is 4.34. The lowest BCUT2D eigenvalue weighted by Gasteiger charge is -1.88. The summed E-state index contributed by atoms with van der Waals surface area (Å²) in [4.78, 5) is 3.87. The Balaban J connectivity index is 2.33. The van der Waals surface area contributed by atoms with Crippen LogP contribution in [0, 0.1) is 5.92 Å². The van der Waals surface area contributed by atoms with Gasteiger partial charge in [-0.25, -0.2) is 0 Å². The standard InChI is InChI=1S/C8H11N/c1-3-9-6-7(2)8-4-5-8/h3,6,8H,1-2,4-5H2. The summed E-state index contributed by atoms with van der Waals surface area (Å²) in [7, 11) is 0. The van der Waals surface area contributed by atoms with E-state index in [1.807, 2.05) is 0 Å². The van der Waals surface area contributed by atoms with Gasteiger partial charge in [0.15, 0.2) is 0 Å². The summed E-state index contributed by atoms with van der Waals surface area (Å²) < 4.78 is 0. The second-order valence-corrected chi connectivity index (χ2v) is 2.31. The first kappa shape index (κ1) is 6.27. The van der Waals surface area contributed by atoms with E-state index in [1.165, 1.54) is 19.0 Å². The first-order valence-corrected chi connectivity index (χ1v) is 3.17. The maximum atomic E-state index is 3.87. The Hall–Kier alpha value is -0.850. The Morgan fingerprint density at radius 1 is 1.56 bits per heavy atom. The van der Waals surface area contributed by atoms with Gasteiger partial charge in [0.25, 0.3) is 0 Å². The van der Waals surface area contributed by atoms with Crippen LogP contribution in [0.1, 0.15) is 12.8 Å². The lowest BCUT2D eigenvalue weighted by Crippen LogP contribution is -1.82.